The van der Waals surface area contributed by atoms with E-state index in [-0.39, 0.29) is 171 Å². The van der Waals surface area contributed by atoms with Crippen LogP contribution in [0.4, 0.5) is 0 Å². The molecular weight excluding hydrogens is 1380 g/mol. The Morgan fingerprint density at radius 2 is 0.556 bits per heavy atom. The lowest BCUT2D eigenvalue weighted by atomic mass is 9.94. The van der Waals surface area contributed by atoms with Crippen LogP contribution in [0.3, 0.4) is 0 Å². The third-order valence-electron chi connectivity index (χ3n) is 16.3. The fourth-order valence-electron chi connectivity index (χ4n) is 12.1. The third kappa shape index (κ3) is 17.5. The van der Waals surface area contributed by atoms with E-state index in [0.717, 1.165) is 14.2 Å². The second-order valence-corrected chi connectivity index (χ2v) is 26.0. The van der Waals surface area contributed by atoms with Gasteiger partial charge in [0.05, 0.1) is 102 Å². The van der Waals surface area contributed by atoms with E-state index in [1.54, 1.807) is 148 Å². The number of benzene rings is 8. The van der Waals surface area contributed by atoms with Crippen molar-refractivity contribution in [2.75, 3.05) is 56.9 Å². The molecule has 2 N–H and O–H groups in total. The molecule has 4 heterocycles. The molecule has 0 aliphatic carbocycles. The van der Waals surface area contributed by atoms with E-state index >= 15 is 9.59 Å². The van der Waals surface area contributed by atoms with E-state index in [4.69, 9.17) is 84.7 Å². The molecule has 0 aliphatic heterocycles. The summed E-state index contributed by atoms with van der Waals surface area (Å²) in [5, 5.41) is 14.6. The minimum absolute atomic E-state index is 0.0127. The van der Waals surface area contributed by atoms with Crippen molar-refractivity contribution in [3.63, 3.8) is 0 Å². The maximum atomic E-state index is 15.2. The van der Waals surface area contributed by atoms with E-state index in [0.29, 0.717) is 56.8 Å². The molecule has 0 unspecified atom stereocenters. The van der Waals surface area contributed by atoms with Gasteiger partial charge in [0.15, 0.2) is 22.0 Å². The molecule has 0 bridgehead atoms. The summed E-state index contributed by atoms with van der Waals surface area (Å²) in [5.41, 5.74) is 1.96. The van der Waals surface area contributed by atoms with Gasteiger partial charge in [-0.15, -0.1) is 0 Å². The first-order chi connectivity index (χ1) is 51.8. The van der Waals surface area contributed by atoms with Gasteiger partial charge in [-0.2, -0.15) is 0 Å². The van der Waals surface area contributed by atoms with E-state index in [2.05, 4.69) is 0 Å². The van der Waals surface area contributed by atoms with Crippen molar-refractivity contribution in [3.05, 3.63) is 186 Å². The highest BCUT2D eigenvalue weighted by atomic mass is 16.5. The summed E-state index contributed by atoms with van der Waals surface area (Å²) in [4.78, 5) is 58.4. The molecule has 0 spiro atoms. The summed E-state index contributed by atoms with van der Waals surface area (Å²) in [6.07, 6.45) is -0.890. The quantitative estimate of drug-likeness (QED) is 0.0569. The molecule has 8 aromatic carbocycles. The Labute approximate surface area is 625 Å². The van der Waals surface area contributed by atoms with Crippen LogP contribution in [0.1, 0.15) is 83.1 Å². The highest BCUT2D eigenvalue weighted by molar-refractivity contribution is 6.07. The van der Waals surface area contributed by atoms with Gasteiger partial charge in [-0.1, -0.05) is 0 Å². The van der Waals surface area contributed by atoms with E-state index in [1.807, 2.05) is 83.1 Å². The first-order valence-corrected chi connectivity index (χ1v) is 35.0. The minimum atomic E-state index is -0.438. The van der Waals surface area contributed by atoms with Gasteiger partial charge in [0.25, 0.3) is 0 Å². The zero-order valence-corrected chi connectivity index (χ0v) is 64.4. The fourth-order valence-corrected chi connectivity index (χ4v) is 12.1. The number of methoxy groups -OCH3 is 6. The van der Waals surface area contributed by atoms with Crippen LogP contribution < -0.4 is 78.6 Å². The van der Waals surface area contributed by atoms with Crippen LogP contribution in [0.2, 0.25) is 0 Å². The fraction of sp³-hybridized carbons (Fsp3) is 0.302. The van der Waals surface area contributed by atoms with Crippen molar-refractivity contribution < 1.29 is 84.7 Å². The molecule has 0 amide bonds. The first kappa shape index (κ1) is 80.2. The lowest BCUT2D eigenvalue weighted by molar-refractivity contribution is 0.230. The summed E-state index contributed by atoms with van der Waals surface area (Å²) in [5.74, 6) is 5.87. The zero-order chi connectivity index (χ0) is 78.5. The number of aliphatic hydroxyl groups is 2. The number of fused-ring (bicyclic) bond motifs is 4. The van der Waals surface area contributed by atoms with Gasteiger partial charge in [-0.25, -0.2) is 0 Å². The lowest BCUT2D eigenvalue weighted by Gasteiger charge is -2.19. The molecule has 12 aromatic rings. The standard InChI is InChI=1S/2C42H42O10.2CH4O/c2*1-22(2)48-28-16-10-25(11-17-28)31-20-30(43)36-32(46-8)21-33(47-9)38(42(36)51-31)39-40(44)37-34(50-24(5)6)18-29(49-23(3)4)19-35(37)52-41(39)26-12-14-27(45-7)15-13-26;2*1-2/h2*10-24H,1-9H3;2*2H,1H3. The van der Waals surface area contributed by atoms with Crippen LogP contribution in [0, 0.1) is 0 Å². The summed E-state index contributed by atoms with van der Waals surface area (Å²) in [7, 11) is 11.0. The number of rotatable bonds is 24. The lowest BCUT2D eigenvalue weighted by Crippen LogP contribution is -2.14. The number of ether oxygens (including phenoxy) is 12. The Morgan fingerprint density at radius 1 is 0.269 bits per heavy atom. The van der Waals surface area contributed by atoms with Crippen molar-refractivity contribution in [1.82, 2.24) is 0 Å². The SMILES string of the molecule is CO.CO.COc1ccc(-c2oc3cc(OC(C)C)cc(OC(C)C)c3c(=O)c2-c2c(OC)cc(OC)c3c(=O)cc(-c4ccc(OC(C)C)cc4)oc23)cc1.COc1ccc(-c2oc3cc(OC(C)C)cc(OC(C)C)c3c(=O)c2-c2c(OC)cc(OC)c3c(=O)cc(-c4ccc(OC(C)C)cc4)oc23)cc1. The normalized spacial score (nSPS) is 11.1. The second kappa shape index (κ2) is 35.5. The highest BCUT2D eigenvalue weighted by Gasteiger charge is 2.33. The van der Waals surface area contributed by atoms with E-state index in [1.165, 1.54) is 40.6 Å². The molecule has 12 rings (SSSR count). The molecule has 22 nitrogen and oxygen atoms in total. The average molecular weight is 1480 g/mol. The Balaban J connectivity index is 0.000000238. The van der Waals surface area contributed by atoms with E-state index in [9.17, 15) is 9.59 Å². The van der Waals surface area contributed by atoms with Gasteiger partial charge in [-0.3, -0.25) is 19.2 Å². The van der Waals surface area contributed by atoms with Crippen LogP contribution in [0.25, 0.3) is 111 Å². The van der Waals surface area contributed by atoms with Crippen molar-refractivity contribution >= 4 is 43.9 Å². The monoisotopic (exact) mass is 1480 g/mol. The number of hydrogen-bond donors (Lipinski definition) is 2. The van der Waals surface area contributed by atoms with Crippen LogP contribution in [0.15, 0.2) is 182 Å². The predicted molar refractivity (Wildman–Crippen MR) is 420 cm³/mol. The number of hydrogen-bond acceptors (Lipinski definition) is 22. The molecule has 4 aromatic heterocycles. The molecule has 0 atom stereocenters. The molecule has 108 heavy (non-hydrogen) atoms. The van der Waals surface area contributed by atoms with Crippen molar-refractivity contribution in [3.8, 4) is 137 Å². The average Bonchev–Trinajstić information content (AvgIpc) is 0.729. The third-order valence-corrected chi connectivity index (χ3v) is 16.3. The zero-order valence-electron chi connectivity index (χ0n) is 64.4. The van der Waals surface area contributed by atoms with Gasteiger partial charge in [-0.05, 0) is 180 Å². The van der Waals surface area contributed by atoms with Crippen molar-refractivity contribution in [2.24, 2.45) is 0 Å². The molecule has 0 radical (unpaired) electrons. The molecular formula is C86H92O22. The maximum Gasteiger partial charge on any atom is 0.205 e. The summed E-state index contributed by atoms with van der Waals surface area (Å²) >= 11 is 0. The highest BCUT2D eigenvalue weighted by Crippen LogP contribution is 2.49. The molecule has 22 heteroatoms. The summed E-state index contributed by atoms with van der Waals surface area (Å²) < 4.78 is 96.9. The van der Waals surface area contributed by atoms with Gasteiger partial charge in [0.2, 0.25) is 10.9 Å². The Hall–Kier alpha value is -11.9. The van der Waals surface area contributed by atoms with Crippen LogP contribution >= 0.6 is 0 Å². The van der Waals surface area contributed by atoms with Crippen molar-refractivity contribution in [2.45, 2.75) is 120 Å². The van der Waals surface area contributed by atoms with Crippen LogP contribution in [-0.2, 0) is 0 Å². The number of aliphatic hydroxyl groups excluding tert-OH is 2. The smallest absolute Gasteiger partial charge is 0.205 e. The molecule has 0 aliphatic rings. The van der Waals surface area contributed by atoms with E-state index < -0.39 is 10.9 Å². The van der Waals surface area contributed by atoms with Gasteiger partial charge < -0.3 is 84.7 Å². The molecule has 568 valence electrons. The van der Waals surface area contributed by atoms with Crippen molar-refractivity contribution in [1.29, 1.82) is 0 Å². The Morgan fingerprint density at radius 3 is 0.843 bits per heavy atom. The molecule has 0 fully saturated rings. The Kier molecular flexibility index (Phi) is 26.4. The van der Waals surface area contributed by atoms with Gasteiger partial charge in [0.1, 0.15) is 125 Å². The largest absolute Gasteiger partial charge is 0.497 e. The second-order valence-electron chi connectivity index (χ2n) is 26.0. The van der Waals surface area contributed by atoms with Crippen LogP contribution in [0.5, 0.6) is 69.0 Å². The predicted octanol–water partition coefficient (Wildman–Crippen LogP) is 17.8. The minimum Gasteiger partial charge on any atom is -0.497 e. The van der Waals surface area contributed by atoms with Gasteiger partial charge in [0, 0.05) is 85.0 Å². The van der Waals surface area contributed by atoms with Gasteiger partial charge >= 0.3 is 0 Å². The summed E-state index contributed by atoms with van der Waals surface area (Å²) in [6, 6.07) is 41.3. The first-order valence-electron chi connectivity index (χ1n) is 35.0. The summed E-state index contributed by atoms with van der Waals surface area (Å²) in [6.45, 7) is 22.9. The maximum absolute atomic E-state index is 15.2. The van der Waals surface area contributed by atoms with Crippen LogP contribution in [-0.4, -0.2) is 104 Å². The molecule has 0 saturated heterocycles. The molecule has 0 saturated carbocycles. The topological polar surface area (TPSA) is 272 Å². The Bertz CT molecular complexity index is 5040.